The van der Waals surface area contributed by atoms with Crippen LogP contribution in [0, 0.1) is 5.41 Å². The number of carbonyl (C=O) groups is 3. The van der Waals surface area contributed by atoms with Crippen molar-refractivity contribution in [2.24, 2.45) is 5.41 Å². The highest BCUT2D eigenvalue weighted by atomic mass is 16.5. The van der Waals surface area contributed by atoms with Gasteiger partial charge in [0, 0.05) is 19.0 Å². The monoisotopic (exact) mass is 466 g/mol. The summed E-state index contributed by atoms with van der Waals surface area (Å²) >= 11 is 0. The standard InChI is InChI=1S/C26H30N2O6/c1-26(2,3)23(24(31)28-12-16(13-28)33-15-22(29)30)27-25(32)34-14-21-19-10-6-4-8-17(19)18-9-5-7-11-20(18)21/h4-11,16,21,23H,12-15H2,1-3H3,(H,27,32)(H,29,30). The summed E-state index contributed by atoms with van der Waals surface area (Å²) in [6.45, 7) is 5.98. The van der Waals surface area contributed by atoms with Crippen LogP contribution < -0.4 is 5.32 Å². The Morgan fingerprint density at radius 2 is 1.59 bits per heavy atom. The summed E-state index contributed by atoms with van der Waals surface area (Å²) in [4.78, 5) is 38.0. The Balaban J connectivity index is 1.37. The predicted molar refractivity (Wildman–Crippen MR) is 125 cm³/mol. The van der Waals surface area contributed by atoms with E-state index in [-0.39, 0.29) is 24.5 Å². The highest BCUT2D eigenvalue weighted by Crippen LogP contribution is 2.44. The number of likely N-dealkylation sites (tertiary alicyclic amines) is 1. The molecule has 1 aliphatic heterocycles. The number of nitrogens with zero attached hydrogens (tertiary/aromatic N) is 1. The molecule has 1 fully saturated rings. The lowest BCUT2D eigenvalue weighted by atomic mass is 9.85. The first-order valence-corrected chi connectivity index (χ1v) is 11.4. The van der Waals surface area contributed by atoms with E-state index in [1.165, 1.54) is 0 Å². The number of carboxylic acid groups (broad SMARTS) is 1. The number of ether oxygens (including phenoxy) is 2. The van der Waals surface area contributed by atoms with Gasteiger partial charge < -0.3 is 24.8 Å². The van der Waals surface area contributed by atoms with Gasteiger partial charge in [0.15, 0.2) is 0 Å². The quantitative estimate of drug-likeness (QED) is 0.649. The van der Waals surface area contributed by atoms with E-state index in [9.17, 15) is 14.4 Å². The Morgan fingerprint density at radius 1 is 1.03 bits per heavy atom. The van der Waals surface area contributed by atoms with Crippen LogP contribution in [0.3, 0.4) is 0 Å². The van der Waals surface area contributed by atoms with Gasteiger partial charge >= 0.3 is 12.1 Å². The van der Waals surface area contributed by atoms with E-state index in [4.69, 9.17) is 14.6 Å². The maximum absolute atomic E-state index is 13.1. The van der Waals surface area contributed by atoms with Crippen molar-refractivity contribution in [3.05, 3.63) is 59.7 Å². The number of hydrogen-bond donors (Lipinski definition) is 2. The van der Waals surface area contributed by atoms with Crippen molar-refractivity contribution < 1.29 is 29.0 Å². The van der Waals surface area contributed by atoms with Gasteiger partial charge in [-0.2, -0.15) is 0 Å². The van der Waals surface area contributed by atoms with Gasteiger partial charge in [-0.05, 0) is 27.7 Å². The van der Waals surface area contributed by atoms with Crippen molar-refractivity contribution in [2.75, 3.05) is 26.3 Å². The summed E-state index contributed by atoms with van der Waals surface area (Å²) in [5, 5.41) is 11.5. The maximum atomic E-state index is 13.1. The number of hydrogen-bond acceptors (Lipinski definition) is 5. The summed E-state index contributed by atoms with van der Waals surface area (Å²) in [7, 11) is 0. The summed E-state index contributed by atoms with van der Waals surface area (Å²) < 4.78 is 10.8. The van der Waals surface area contributed by atoms with Crippen LogP contribution >= 0.6 is 0 Å². The molecule has 180 valence electrons. The summed E-state index contributed by atoms with van der Waals surface area (Å²) in [6.07, 6.45) is -0.954. The molecule has 2 amide bonds. The molecule has 2 N–H and O–H groups in total. The SMILES string of the molecule is CC(C)(C)C(NC(=O)OCC1c2ccccc2-c2ccccc21)C(=O)N1CC(OCC(=O)O)C1. The number of fused-ring (bicyclic) bond motifs is 3. The molecule has 0 bridgehead atoms. The molecule has 1 heterocycles. The molecule has 0 radical (unpaired) electrons. The number of alkyl carbamates (subject to hydrolysis) is 1. The second-order valence-electron chi connectivity index (χ2n) is 9.84. The fraction of sp³-hybridized carbons (Fsp3) is 0.423. The van der Waals surface area contributed by atoms with E-state index in [0.29, 0.717) is 13.1 Å². The zero-order valence-corrected chi connectivity index (χ0v) is 19.6. The van der Waals surface area contributed by atoms with Crippen molar-refractivity contribution in [1.29, 1.82) is 0 Å². The molecule has 0 saturated carbocycles. The lowest BCUT2D eigenvalue weighted by Crippen LogP contribution is -2.62. The Kier molecular flexibility index (Phi) is 6.61. The van der Waals surface area contributed by atoms with E-state index in [1.54, 1.807) is 4.90 Å². The normalized spacial score (nSPS) is 16.3. The fourth-order valence-electron chi connectivity index (χ4n) is 4.50. The number of carbonyl (C=O) groups excluding carboxylic acids is 2. The van der Waals surface area contributed by atoms with Gasteiger partial charge in [-0.25, -0.2) is 9.59 Å². The zero-order valence-electron chi connectivity index (χ0n) is 19.6. The molecule has 1 unspecified atom stereocenters. The van der Waals surface area contributed by atoms with E-state index in [1.807, 2.05) is 45.0 Å². The van der Waals surface area contributed by atoms with Crippen LogP contribution in [0.25, 0.3) is 11.1 Å². The van der Waals surface area contributed by atoms with Crippen molar-refractivity contribution in [3.63, 3.8) is 0 Å². The third-order valence-corrected chi connectivity index (χ3v) is 6.32. The molecule has 1 saturated heterocycles. The Morgan fingerprint density at radius 3 is 2.12 bits per heavy atom. The number of benzene rings is 2. The molecular formula is C26H30N2O6. The number of carboxylic acids is 1. The van der Waals surface area contributed by atoms with Gasteiger partial charge in [0.1, 0.15) is 19.3 Å². The van der Waals surface area contributed by atoms with Crippen LogP contribution in [-0.2, 0) is 19.1 Å². The smallest absolute Gasteiger partial charge is 0.407 e. The Bertz CT molecular complexity index is 1040. The minimum Gasteiger partial charge on any atom is -0.480 e. The summed E-state index contributed by atoms with van der Waals surface area (Å²) in [5.41, 5.74) is 3.98. The lowest BCUT2D eigenvalue weighted by molar-refractivity contribution is -0.156. The van der Waals surface area contributed by atoms with Crippen LogP contribution in [0.1, 0.15) is 37.8 Å². The van der Waals surface area contributed by atoms with Crippen LogP contribution in [0.5, 0.6) is 0 Å². The summed E-state index contributed by atoms with van der Waals surface area (Å²) in [5.74, 6) is -1.35. The third kappa shape index (κ3) is 4.92. The minimum atomic E-state index is -1.05. The van der Waals surface area contributed by atoms with Gasteiger partial charge in [0.2, 0.25) is 5.91 Å². The number of rotatable bonds is 7. The number of nitrogens with one attached hydrogen (secondary N) is 1. The minimum absolute atomic E-state index is 0.0653. The highest BCUT2D eigenvalue weighted by Gasteiger charge is 2.41. The van der Waals surface area contributed by atoms with Gasteiger partial charge in [-0.15, -0.1) is 0 Å². The molecule has 2 aliphatic rings. The van der Waals surface area contributed by atoms with E-state index in [0.717, 1.165) is 22.3 Å². The molecule has 34 heavy (non-hydrogen) atoms. The predicted octanol–water partition coefficient (Wildman–Crippen LogP) is 3.25. The third-order valence-electron chi connectivity index (χ3n) is 6.32. The van der Waals surface area contributed by atoms with Crippen molar-refractivity contribution in [2.45, 2.75) is 38.8 Å². The zero-order chi connectivity index (χ0) is 24.5. The molecule has 4 rings (SSSR count). The number of aliphatic carboxylic acids is 1. The molecule has 0 spiro atoms. The molecule has 2 aromatic rings. The molecular weight excluding hydrogens is 436 g/mol. The van der Waals surface area contributed by atoms with Crippen molar-refractivity contribution in [3.8, 4) is 11.1 Å². The topological polar surface area (TPSA) is 105 Å². The van der Waals surface area contributed by atoms with Gasteiger partial charge in [-0.3, -0.25) is 4.79 Å². The average molecular weight is 467 g/mol. The fourth-order valence-corrected chi connectivity index (χ4v) is 4.50. The van der Waals surface area contributed by atoms with Crippen LogP contribution in [-0.4, -0.2) is 66.4 Å². The lowest BCUT2D eigenvalue weighted by Gasteiger charge is -2.42. The van der Waals surface area contributed by atoms with Crippen molar-refractivity contribution in [1.82, 2.24) is 10.2 Å². The molecule has 2 aromatic carbocycles. The Labute approximate surface area is 198 Å². The first-order chi connectivity index (χ1) is 16.1. The number of amides is 2. The van der Waals surface area contributed by atoms with E-state index < -0.39 is 30.1 Å². The first-order valence-electron chi connectivity index (χ1n) is 11.4. The molecule has 1 aliphatic carbocycles. The average Bonchev–Trinajstić information content (AvgIpc) is 3.07. The Hall–Kier alpha value is -3.39. The molecule has 8 heteroatoms. The van der Waals surface area contributed by atoms with Gasteiger partial charge in [0.05, 0.1) is 6.10 Å². The van der Waals surface area contributed by atoms with E-state index >= 15 is 0 Å². The highest BCUT2D eigenvalue weighted by molar-refractivity contribution is 5.87. The largest absolute Gasteiger partial charge is 0.480 e. The first kappa shape index (κ1) is 23.8. The van der Waals surface area contributed by atoms with Crippen LogP contribution in [0.4, 0.5) is 4.79 Å². The van der Waals surface area contributed by atoms with Crippen LogP contribution in [0.2, 0.25) is 0 Å². The van der Waals surface area contributed by atoms with Crippen LogP contribution in [0.15, 0.2) is 48.5 Å². The van der Waals surface area contributed by atoms with Gasteiger partial charge in [0.25, 0.3) is 0 Å². The molecule has 0 aromatic heterocycles. The second-order valence-corrected chi connectivity index (χ2v) is 9.84. The maximum Gasteiger partial charge on any atom is 0.407 e. The van der Waals surface area contributed by atoms with Crippen molar-refractivity contribution >= 4 is 18.0 Å². The van der Waals surface area contributed by atoms with Gasteiger partial charge in [-0.1, -0.05) is 69.3 Å². The molecule has 8 nitrogen and oxygen atoms in total. The van der Waals surface area contributed by atoms with E-state index in [2.05, 4.69) is 29.6 Å². The molecule has 1 atom stereocenters. The second kappa shape index (κ2) is 9.46. The summed E-state index contributed by atoms with van der Waals surface area (Å²) in [6, 6.07) is 15.4.